The quantitative estimate of drug-likeness (QED) is 0.604. The molecule has 4 atom stereocenters. The van der Waals surface area contributed by atoms with Gasteiger partial charge < -0.3 is 0 Å². The monoisotopic (exact) mass is 383 g/mol. The maximum Gasteiger partial charge on any atom is 0.240 e. The van der Waals surface area contributed by atoms with Gasteiger partial charge in [-0.3, -0.25) is 4.79 Å². The second kappa shape index (κ2) is 6.79. The Morgan fingerprint density at radius 2 is 1.88 bits per heavy atom. The standard InChI is InChI=1S/C21H37NO3S/c1-6-7-8-9-10-17(15(2)3)19(23)22-14-21-12-11-16(20(21,4)5)13-18(21)26(22,24)25/h15-18H,6-14H2,1-5H3/t16?,17-,18?,21+/m1/s1. The van der Waals surface area contributed by atoms with Gasteiger partial charge in [-0.2, -0.15) is 0 Å². The average molecular weight is 384 g/mol. The van der Waals surface area contributed by atoms with Crippen LogP contribution in [0, 0.1) is 28.6 Å². The summed E-state index contributed by atoms with van der Waals surface area (Å²) < 4.78 is 27.9. The molecule has 1 amide bonds. The van der Waals surface area contributed by atoms with Crippen LogP contribution in [-0.4, -0.2) is 30.4 Å². The highest BCUT2D eigenvalue weighted by Crippen LogP contribution is 2.70. The largest absolute Gasteiger partial charge is 0.273 e. The second-order valence-electron chi connectivity index (χ2n) is 9.93. The smallest absolute Gasteiger partial charge is 0.240 e. The molecule has 0 radical (unpaired) electrons. The van der Waals surface area contributed by atoms with Gasteiger partial charge in [0, 0.05) is 17.9 Å². The highest BCUT2D eigenvalue weighted by Gasteiger charge is 2.73. The summed E-state index contributed by atoms with van der Waals surface area (Å²) in [7, 11) is -3.51. The van der Waals surface area contributed by atoms with Crippen LogP contribution in [0.1, 0.15) is 86.0 Å². The van der Waals surface area contributed by atoms with Gasteiger partial charge in [0.25, 0.3) is 0 Å². The number of nitrogens with zero attached hydrogens (tertiary/aromatic N) is 1. The first-order valence-electron chi connectivity index (χ1n) is 10.6. The van der Waals surface area contributed by atoms with Crippen molar-refractivity contribution in [3.05, 3.63) is 0 Å². The van der Waals surface area contributed by atoms with Crippen LogP contribution in [0.2, 0.25) is 0 Å². The number of unbranched alkanes of at least 4 members (excludes halogenated alkanes) is 3. The summed E-state index contributed by atoms with van der Waals surface area (Å²) >= 11 is 0. The summed E-state index contributed by atoms with van der Waals surface area (Å²) in [5.41, 5.74) is -0.190. The van der Waals surface area contributed by atoms with Crippen LogP contribution in [0.25, 0.3) is 0 Å². The van der Waals surface area contributed by atoms with Crippen molar-refractivity contribution in [1.82, 2.24) is 4.31 Å². The van der Waals surface area contributed by atoms with Crippen LogP contribution in [0.4, 0.5) is 0 Å². The van der Waals surface area contributed by atoms with E-state index in [9.17, 15) is 13.2 Å². The molecule has 0 aromatic rings. The van der Waals surface area contributed by atoms with E-state index >= 15 is 0 Å². The zero-order valence-corrected chi connectivity index (χ0v) is 18.1. The molecule has 2 bridgehead atoms. The predicted octanol–water partition coefficient (Wildman–Crippen LogP) is 4.60. The first kappa shape index (κ1) is 20.2. The number of amides is 1. The molecule has 2 unspecified atom stereocenters. The molecule has 0 aromatic heterocycles. The Kier molecular flexibility index (Phi) is 5.26. The molecule has 3 aliphatic rings. The van der Waals surface area contributed by atoms with Crippen LogP contribution in [0.15, 0.2) is 0 Å². The molecule has 3 rings (SSSR count). The van der Waals surface area contributed by atoms with Gasteiger partial charge >= 0.3 is 0 Å². The van der Waals surface area contributed by atoms with E-state index in [1.54, 1.807) is 0 Å². The van der Waals surface area contributed by atoms with Crippen molar-refractivity contribution in [2.45, 2.75) is 91.2 Å². The summed E-state index contributed by atoms with van der Waals surface area (Å²) in [5.74, 6) is 0.382. The molecule has 2 aliphatic carbocycles. The van der Waals surface area contributed by atoms with Crippen molar-refractivity contribution in [2.24, 2.45) is 28.6 Å². The van der Waals surface area contributed by atoms with Crippen LogP contribution in [0.3, 0.4) is 0 Å². The Morgan fingerprint density at radius 1 is 1.19 bits per heavy atom. The number of carbonyl (C=O) groups excluding carboxylic acids is 1. The lowest BCUT2D eigenvalue weighted by Crippen LogP contribution is -2.42. The minimum atomic E-state index is -3.51. The van der Waals surface area contributed by atoms with E-state index in [4.69, 9.17) is 0 Å². The summed E-state index contributed by atoms with van der Waals surface area (Å²) in [6.07, 6.45) is 8.13. The normalized spacial score (nSPS) is 35.1. The van der Waals surface area contributed by atoms with Crippen molar-refractivity contribution in [2.75, 3.05) is 6.54 Å². The zero-order valence-electron chi connectivity index (χ0n) is 17.3. The third-order valence-electron chi connectivity index (χ3n) is 8.19. The molecule has 1 heterocycles. The molecule has 1 spiro atoms. The molecule has 26 heavy (non-hydrogen) atoms. The fourth-order valence-electron chi connectivity index (χ4n) is 6.21. The Hall–Kier alpha value is -0.580. The van der Waals surface area contributed by atoms with Crippen molar-refractivity contribution in [3.8, 4) is 0 Å². The lowest BCUT2D eigenvalue weighted by Gasteiger charge is -2.36. The number of carbonyl (C=O) groups is 1. The molecule has 5 heteroatoms. The molecule has 1 aliphatic heterocycles. The number of fused-ring (bicyclic) bond motifs is 1. The third-order valence-corrected chi connectivity index (χ3v) is 10.5. The Labute approximate surface area is 160 Å². The second-order valence-corrected chi connectivity index (χ2v) is 12.0. The van der Waals surface area contributed by atoms with E-state index in [1.807, 2.05) is 0 Å². The minimum absolute atomic E-state index is 0.0220. The maximum atomic E-state index is 13.3. The van der Waals surface area contributed by atoms with Gasteiger partial charge in [0.05, 0.1) is 5.25 Å². The Bertz CT molecular complexity index is 654. The number of hydrogen-bond donors (Lipinski definition) is 0. The number of rotatable bonds is 7. The Balaban J connectivity index is 1.81. The van der Waals surface area contributed by atoms with Crippen LogP contribution >= 0.6 is 0 Å². The highest BCUT2D eigenvalue weighted by atomic mass is 32.2. The van der Waals surface area contributed by atoms with Gasteiger partial charge in [-0.15, -0.1) is 0 Å². The van der Waals surface area contributed by atoms with Crippen molar-refractivity contribution >= 4 is 15.9 Å². The number of hydrogen-bond acceptors (Lipinski definition) is 3. The van der Waals surface area contributed by atoms with E-state index in [1.165, 1.54) is 17.1 Å². The van der Waals surface area contributed by atoms with Gasteiger partial charge in [0.15, 0.2) is 0 Å². The van der Waals surface area contributed by atoms with Crippen LogP contribution in [-0.2, 0) is 14.8 Å². The lowest BCUT2D eigenvalue weighted by atomic mass is 9.69. The first-order chi connectivity index (χ1) is 12.1. The molecule has 150 valence electrons. The molecule has 0 aromatic carbocycles. The first-order valence-corrected chi connectivity index (χ1v) is 12.2. The predicted molar refractivity (Wildman–Crippen MR) is 105 cm³/mol. The zero-order chi connectivity index (χ0) is 19.3. The highest BCUT2D eigenvalue weighted by molar-refractivity contribution is 7.90. The van der Waals surface area contributed by atoms with Crippen LogP contribution < -0.4 is 0 Å². The van der Waals surface area contributed by atoms with Gasteiger partial charge in [0.1, 0.15) is 0 Å². The molecule has 4 nitrogen and oxygen atoms in total. The van der Waals surface area contributed by atoms with Crippen LogP contribution in [0.5, 0.6) is 0 Å². The van der Waals surface area contributed by atoms with Crippen molar-refractivity contribution in [3.63, 3.8) is 0 Å². The van der Waals surface area contributed by atoms with E-state index < -0.39 is 10.0 Å². The average Bonchev–Trinajstić information content (AvgIpc) is 3.05. The SMILES string of the molecule is CCCCCC[C@@H](C(=O)N1C[C@@]23CCC(CC2S1(=O)=O)C3(C)C)C(C)C. The summed E-state index contributed by atoms with van der Waals surface area (Å²) in [6.45, 7) is 11.2. The van der Waals surface area contributed by atoms with Gasteiger partial charge in [-0.05, 0) is 42.9 Å². The topological polar surface area (TPSA) is 54.5 Å². The molecule has 1 saturated heterocycles. The Morgan fingerprint density at radius 3 is 2.42 bits per heavy atom. The van der Waals surface area contributed by atoms with E-state index in [2.05, 4.69) is 34.6 Å². The van der Waals surface area contributed by atoms with Crippen molar-refractivity contribution < 1.29 is 13.2 Å². The van der Waals surface area contributed by atoms with E-state index in [0.29, 0.717) is 12.5 Å². The summed E-state index contributed by atoms with van der Waals surface area (Å²) in [6, 6.07) is 0. The van der Waals surface area contributed by atoms with Gasteiger partial charge in [-0.1, -0.05) is 60.3 Å². The number of sulfonamides is 1. The van der Waals surface area contributed by atoms with Gasteiger partial charge in [0.2, 0.25) is 15.9 Å². The van der Waals surface area contributed by atoms with E-state index in [-0.39, 0.29) is 33.8 Å². The summed E-state index contributed by atoms with van der Waals surface area (Å²) in [4.78, 5) is 13.3. The molecular formula is C21H37NO3S. The fourth-order valence-corrected chi connectivity index (χ4v) is 8.85. The van der Waals surface area contributed by atoms with Gasteiger partial charge in [-0.25, -0.2) is 12.7 Å². The molecule has 3 fully saturated rings. The van der Waals surface area contributed by atoms with Crippen molar-refractivity contribution in [1.29, 1.82) is 0 Å². The van der Waals surface area contributed by atoms with E-state index in [0.717, 1.165) is 38.5 Å². The molecular weight excluding hydrogens is 346 g/mol. The maximum absolute atomic E-state index is 13.3. The lowest BCUT2D eigenvalue weighted by molar-refractivity contribution is -0.133. The fraction of sp³-hybridized carbons (Fsp3) is 0.952. The molecule has 2 saturated carbocycles. The summed E-state index contributed by atoms with van der Waals surface area (Å²) in [5, 5.41) is -0.333. The molecule has 0 N–H and O–H groups in total. The minimum Gasteiger partial charge on any atom is -0.273 e. The third kappa shape index (κ3) is 2.75.